The molecule has 0 aliphatic heterocycles. The maximum Gasteiger partial charge on any atom is 0.102 e. The molecule has 0 fully saturated rings. The monoisotopic (exact) mass is 151 g/mol. The molecule has 1 aromatic rings. The van der Waals surface area contributed by atoms with Gasteiger partial charge in [-0.3, -0.25) is 0 Å². The molecule has 0 bridgehead atoms. The number of aromatic amines is 1. The van der Waals surface area contributed by atoms with Crippen LogP contribution in [0.25, 0.3) is 0 Å². The summed E-state index contributed by atoms with van der Waals surface area (Å²) in [6.07, 6.45) is 1.42. The summed E-state index contributed by atoms with van der Waals surface area (Å²) in [6.45, 7) is 0. The Balaban J connectivity index is 0.000000217. The molecule has 1 rings (SSSR count). The second kappa shape index (κ2) is 7.08. The van der Waals surface area contributed by atoms with Gasteiger partial charge in [-0.05, 0) is 12.1 Å². The molecule has 7 heteroatoms. The van der Waals surface area contributed by atoms with Crippen LogP contribution in [0.3, 0.4) is 0 Å². The predicted molar refractivity (Wildman–Crippen MR) is 59.1 cm³/mol. The Kier molecular flexibility index (Phi) is 6.72. The van der Waals surface area contributed by atoms with Gasteiger partial charge in [0.2, 0.25) is 0 Å². The molecule has 1 heterocycles. The molecule has 12 heavy (non-hydrogen) atoms. The molecule has 0 atom stereocenters. The first-order valence-electron chi connectivity index (χ1n) is 3.58. The van der Waals surface area contributed by atoms with Gasteiger partial charge in [0, 0.05) is 49.9 Å². The first-order chi connectivity index (χ1) is 5.70. The SMILES string of the molecule is CNc1ccc[nH]1.[B][B]B([B])[B]. The van der Waals surface area contributed by atoms with Crippen LogP contribution in [0, 0.1) is 0 Å². The van der Waals surface area contributed by atoms with Gasteiger partial charge >= 0.3 is 0 Å². The van der Waals surface area contributed by atoms with Crippen LogP contribution in [-0.2, 0) is 0 Å². The maximum absolute atomic E-state index is 4.89. The molecule has 0 aliphatic carbocycles. The number of hydrogen-bond donors (Lipinski definition) is 2. The van der Waals surface area contributed by atoms with Gasteiger partial charge in [-0.25, -0.2) is 0 Å². The number of anilines is 1. The van der Waals surface area contributed by atoms with E-state index >= 15 is 0 Å². The van der Waals surface area contributed by atoms with Crippen molar-refractivity contribution in [2.45, 2.75) is 0 Å². The Hall–Kier alpha value is -0.595. The van der Waals surface area contributed by atoms with Crippen LogP contribution in [-0.4, -0.2) is 48.7 Å². The highest BCUT2D eigenvalue weighted by atomic mass is 14.9. The number of aromatic nitrogens is 1. The molecule has 0 aromatic carbocycles. The van der Waals surface area contributed by atoms with Crippen molar-refractivity contribution in [2.75, 3.05) is 12.4 Å². The van der Waals surface area contributed by atoms with Crippen molar-refractivity contribution in [2.24, 2.45) is 0 Å². The molecule has 1 aromatic heterocycles. The Bertz CT molecular complexity index is 176. The topological polar surface area (TPSA) is 27.8 Å². The van der Waals surface area contributed by atoms with E-state index in [1.165, 1.54) is 7.06 Å². The third kappa shape index (κ3) is 6.14. The van der Waals surface area contributed by atoms with Gasteiger partial charge in [0.1, 0.15) is 5.82 Å². The van der Waals surface area contributed by atoms with E-state index in [1.54, 1.807) is 0 Å². The largest absolute Gasteiger partial charge is 0.375 e. The average Bonchev–Trinajstić information content (AvgIpc) is 2.57. The van der Waals surface area contributed by atoms with E-state index in [0.29, 0.717) is 0 Å². The molecule has 0 aliphatic rings. The summed E-state index contributed by atoms with van der Waals surface area (Å²) in [6, 6.07) is 3.92. The third-order valence-electron chi connectivity index (χ3n) is 1.09. The van der Waals surface area contributed by atoms with Crippen LogP contribution in [0.1, 0.15) is 0 Å². The quantitative estimate of drug-likeness (QED) is 0.528. The summed E-state index contributed by atoms with van der Waals surface area (Å²) in [4.78, 5) is 2.98. The van der Waals surface area contributed by atoms with Crippen molar-refractivity contribution in [3.8, 4) is 0 Å². The summed E-state index contributed by atoms with van der Waals surface area (Å²) < 4.78 is 0. The number of nitrogens with one attached hydrogen (secondary N) is 2. The normalized spacial score (nSPS) is 7.75. The minimum Gasteiger partial charge on any atom is -0.375 e. The van der Waals surface area contributed by atoms with E-state index in [-0.39, 0.29) is 0 Å². The zero-order valence-corrected chi connectivity index (χ0v) is 7.12. The summed E-state index contributed by atoms with van der Waals surface area (Å²) >= 11 is 0. The number of hydrogen-bond acceptors (Lipinski definition) is 1. The van der Waals surface area contributed by atoms with Crippen molar-refractivity contribution < 1.29 is 0 Å². The van der Waals surface area contributed by atoms with E-state index in [9.17, 15) is 0 Å². The fourth-order valence-corrected chi connectivity index (χ4v) is 0.486. The molecule has 0 saturated heterocycles. The zero-order chi connectivity index (χ0) is 9.40. The number of H-pyrrole nitrogens is 1. The second-order valence-corrected chi connectivity index (χ2v) is 2.10. The molecule has 0 spiro atoms. The van der Waals surface area contributed by atoms with Gasteiger partial charge in [0.25, 0.3) is 0 Å². The van der Waals surface area contributed by atoms with Gasteiger partial charge in [-0.15, -0.1) is 0 Å². The zero-order valence-electron chi connectivity index (χ0n) is 7.12. The van der Waals surface area contributed by atoms with E-state index in [2.05, 4.69) is 10.3 Å². The minimum atomic E-state index is -0.463. The van der Waals surface area contributed by atoms with Gasteiger partial charge < -0.3 is 10.3 Å². The van der Waals surface area contributed by atoms with Crippen LogP contribution < -0.4 is 5.32 Å². The Labute approximate surface area is 78.8 Å². The molecule has 2 N–H and O–H groups in total. The second-order valence-electron chi connectivity index (χ2n) is 2.10. The van der Waals surface area contributed by atoms with E-state index < -0.39 is 6.39 Å². The highest BCUT2D eigenvalue weighted by Gasteiger charge is 1.85. The van der Waals surface area contributed by atoms with Crippen molar-refractivity contribution in [3.05, 3.63) is 18.3 Å². The van der Waals surface area contributed by atoms with E-state index in [1.807, 2.05) is 25.4 Å². The predicted octanol–water partition coefficient (Wildman–Crippen LogP) is -0.848. The van der Waals surface area contributed by atoms with Crippen LogP contribution >= 0.6 is 0 Å². The first kappa shape index (κ1) is 11.4. The Morgan fingerprint density at radius 2 is 2.17 bits per heavy atom. The van der Waals surface area contributed by atoms with Gasteiger partial charge in [-0.1, -0.05) is 0 Å². The highest BCUT2D eigenvalue weighted by Crippen LogP contribution is 1.96. The van der Waals surface area contributed by atoms with Gasteiger partial charge in [0.05, 0.1) is 0 Å². The van der Waals surface area contributed by atoms with E-state index in [4.69, 9.17) is 23.2 Å². The lowest BCUT2D eigenvalue weighted by Crippen LogP contribution is -2.23. The van der Waals surface area contributed by atoms with Crippen molar-refractivity contribution in [1.29, 1.82) is 0 Å². The van der Waals surface area contributed by atoms with Crippen molar-refractivity contribution in [3.63, 3.8) is 0 Å². The molecular formula is C5H8B5N2. The van der Waals surface area contributed by atoms with Crippen LogP contribution in [0.4, 0.5) is 5.82 Å². The fourth-order valence-electron chi connectivity index (χ4n) is 0.486. The summed E-state index contributed by atoms with van der Waals surface area (Å²) in [5.41, 5.74) is 0. The molecule has 7 radical (unpaired) electrons. The smallest absolute Gasteiger partial charge is 0.102 e. The highest BCUT2D eigenvalue weighted by molar-refractivity contribution is 7.60. The van der Waals surface area contributed by atoms with Gasteiger partial charge in [0.15, 0.2) is 0 Å². The first-order valence-corrected chi connectivity index (χ1v) is 3.58. The summed E-state index contributed by atoms with van der Waals surface area (Å²) in [5.74, 6) is 1.06. The molecule has 53 valence electrons. The maximum atomic E-state index is 4.89. The van der Waals surface area contributed by atoms with Crippen LogP contribution in [0.2, 0.25) is 0 Å². The van der Waals surface area contributed by atoms with Gasteiger partial charge in [-0.2, -0.15) is 0 Å². The number of rotatable bonds is 2. The molecular weight excluding hydrogens is 142 g/mol. The Morgan fingerprint density at radius 1 is 1.58 bits per heavy atom. The average molecular weight is 150 g/mol. The van der Waals surface area contributed by atoms with E-state index in [0.717, 1.165) is 5.82 Å². The van der Waals surface area contributed by atoms with Crippen molar-refractivity contribution in [1.82, 2.24) is 4.98 Å². The summed E-state index contributed by atoms with van der Waals surface area (Å²) in [5, 5.41) is 2.95. The standard InChI is InChI=1S/C5H8N2.B5/c1-6-5-3-2-4-7-5;1-4-5(2)3/h2-4,6-7H,1H3;. The van der Waals surface area contributed by atoms with Crippen LogP contribution in [0.15, 0.2) is 18.3 Å². The third-order valence-corrected chi connectivity index (χ3v) is 1.09. The lowest BCUT2D eigenvalue weighted by molar-refractivity contribution is 1.35. The molecule has 0 amide bonds. The fraction of sp³-hybridized carbons (Fsp3) is 0.200. The summed E-state index contributed by atoms with van der Waals surface area (Å²) in [7, 11) is 17.7. The lowest BCUT2D eigenvalue weighted by atomic mass is 8.97. The molecule has 0 saturated carbocycles. The van der Waals surface area contributed by atoms with Crippen molar-refractivity contribution >= 4 is 42.5 Å². The Morgan fingerprint density at radius 3 is 2.33 bits per heavy atom. The molecule has 0 unspecified atom stereocenters. The lowest BCUT2D eigenvalue weighted by Gasteiger charge is -1.87. The van der Waals surface area contributed by atoms with Crippen LogP contribution in [0.5, 0.6) is 0 Å². The molecule has 2 nitrogen and oxygen atoms in total. The minimum absolute atomic E-state index is 0.463.